The van der Waals surface area contributed by atoms with Gasteiger partial charge in [0.1, 0.15) is 0 Å². The van der Waals surface area contributed by atoms with E-state index in [0.717, 1.165) is 22.3 Å². The lowest BCUT2D eigenvalue weighted by molar-refractivity contribution is 1.29. The standard InChI is InChI=1S/C12H13N3/c1-8(2)7-9-10(13)3-4-11-12(9)15-6-5-14-11/h3-7H,13H2,1-2H3. The second kappa shape index (κ2) is 3.69. The van der Waals surface area contributed by atoms with Crippen LogP contribution in [-0.2, 0) is 0 Å². The molecule has 2 rings (SSSR count). The minimum Gasteiger partial charge on any atom is -0.398 e. The number of nitrogens with two attached hydrogens (primary N) is 1. The molecule has 0 saturated carbocycles. The van der Waals surface area contributed by atoms with E-state index in [1.165, 1.54) is 5.57 Å². The van der Waals surface area contributed by atoms with E-state index in [0.29, 0.717) is 0 Å². The van der Waals surface area contributed by atoms with E-state index in [-0.39, 0.29) is 0 Å². The molecule has 0 aliphatic rings. The molecule has 1 aromatic heterocycles. The molecule has 3 heteroatoms. The summed E-state index contributed by atoms with van der Waals surface area (Å²) in [5, 5.41) is 0. The highest BCUT2D eigenvalue weighted by atomic mass is 14.8. The molecular weight excluding hydrogens is 186 g/mol. The molecule has 1 heterocycles. The first kappa shape index (κ1) is 9.65. The van der Waals surface area contributed by atoms with E-state index in [1.807, 2.05) is 32.1 Å². The third kappa shape index (κ3) is 1.81. The molecule has 15 heavy (non-hydrogen) atoms. The van der Waals surface area contributed by atoms with E-state index in [1.54, 1.807) is 12.4 Å². The Bertz CT molecular complexity index is 525. The van der Waals surface area contributed by atoms with Gasteiger partial charge < -0.3 is 5.73 Å². The summed E-state index contributed by atoms with van der Waals surface area (Å²) >= 11 is 0. The lowest BCUT2D eigenvalue weighted by Crippen LogP contribution is -1.93. The number of hydrogen-bond donors (Lipinski definition) is 1. The molecule has 2 aromatic rings. The zero-order chi connectivity index (χ0) is 10.8. The molecule has 0 atom stereocenters. The molecule has 0 saturated heterocycles. The largest absolute Gasteiger partial charge is 0.398 e. The Hall–Kier alpha value is -1.90. The van der Waals surface area contributed by atoms with Gasteiger partial charge in [0.2, 0.25) is 0 Å². The van der Waals surface area contributed by atoms with Crippen molar-refractivity contribution in [2.45, 2.75) is 13.8 Å². The predicted molar refractivity (Wildman–Crippen MR) is 63.3 cm³/mol. The molecule has 76 valence electrons. The minimum absolute atomic E-state index is 0.740. The third-order valence-electron chi connectivity index (χ3n) is 2.15. The van der Waals surface area contributed by atoms with Gasteiger partial charge in [-0.3, -0.25) is 9.97 Å². The van der Waals surface area contributed by atoms with Crippen LogP contribution >= 0.6 is 0 Å². The van der Waals surface area contributed by atoms with Gasteiger partial charge in [-0.05, 0) is 26.0 Å². The summed E-state index contributed by atoms with van der Waals surface area (Å²) in [5.41, 5.74) is 10.5. The maximum atomic E-state index is 5.92. The SMILES string of the molecule is CC(C)=Cc1c(N)ccc2nccnc12. The predicted octanol–water partition coefficient (Wildman–Crippen LogP) is 2.64. The fourth-order valence-corrected chi connectivity index (χ4v) is 1.51. The van der Waals surface area contributed by atoms with Gasteiger partial charge in [0.15, 0.2) is 0 Å². The molecule has 3 nitrogen and oxygen atoms in total. The average Bonchev–Trinajstić information content (AvgIpc) is 2.22. The first-order valence-corrected chi connectivity index (χ1v) is 4.82. The van der Waals surface area contributed by atoms with E-state index >= 15 is 0 Å². The summed E-state index contributed by atoms with van der Waals surface area (Å²) in [7, 11) is 0. The van der Waals surface area contributed by atoms with Crippen LogP contribution in [0.2, 0.25) is 0 Å². The van der Waals surface area contributed by atoms with Crippen LogP contribution in [0.5, 0.6) is 0 Å². The summed E-state index contributed by atoms with van der Waals surface area (Å²) in [4.78, 5) is 8.55. The van der Waals surface area contributed by atoms with Crippen molar-refractivity contribution < 1.29 is 0 Å². The summed E-state index contributed by atoms with van der Waals surface area (Å²) in [6.07, 6.45) is 5.40. The Morgan fingerprint density at radius 2 is 1.93 bits per heavy atom. The van der Waals surface area contributed by atoms with Gasteiger partial charge in [-0.15, -0.1) is 0 Å². The number of hydrogen-bond acceptors (Lipinski definition) is 3. The highest BCUT2D eigenvalue weighted by Gasteiger charge is 2.04. The molecule has 0 radical (unpaired) electrons. The van der Waals surface area contributed by atoms with Crippen LogP contribution in [0, 0.1) is 0 Å². The summed E-state index contributed by atoms with van der Waals surface area (Å²) in [6, 6.07) is 3.76. The Kier molecular flexibility index (Phi) is 2.37. The second-order valence-electron chi connectivity index (χ2n) is 3.71. The number of nitrogen functional groups attached to an aromatic ring is 1. The number of nitrogens with zero attached hydrogens (tertiary/aromatic N) is 2. The van der Waals surface area contributed by atoms with Gasteiger partial charge in [-0.25, -0.2) is 0 Å². The van der Waals surface area contributed by atoms with E-state index in [4.69, 9.17) is 5.73 Å². The maximum absolute atomic E-state index is 5.92. The monoisotopic (exact) mass is 199 g/mol. The molecule has 0 amide bonds. The lowest BCUT2D eigenvalue weighted by atomic mass is 10.1. The molecule has 0 aliphatic carbocycles. The molecule has 0 bridgehead atoms. The normalized spacial score (nSPS) is 10.3. The van der Waals surface area contributed by atoms with E-state index < -0.39 is 0 Å². The fourth-order valence-electron chi connectivity index (χ4n) is 1.51. The molecule has 0 unspecified atom stereocenters. The molecule has 0 aliphatic heterocycles. The highest BCUT2D eigenvalue weighted by molar-refractivity contribution is 5.90. The summed E-state index contributed by atoms with van der Waals surface area (Å²) in [6.45, 7) is 4.07. The molecule has 0 fully saturated rings. The Morgan fingerprint density at radius 1 is 1.20 bits per heavy atom. The Balaban J connectivity index is 2.80. The van der Waals surface area contributed by atoms with Crippen LogP contribution in [0.4, 0.5) is 5.69 Å². The van der Waals surface area contributed by atoms with Crippen molar-refractivity contribution in [3.05, 3.63) is 35.7 Å². The average molecular weight is 199 g/mol. The van der Waals surface area contributed by atoms with Crippen molar-refractivity contribution >= 4 is 22.8 Å². The number of aromatic nitrogens is 2. The first-order chi connectivity index (χ1) is 7.18. The smallest absolute Gasteiger partial charge is 0.0979 e. The lowest BCUT2D eigenvalue weighted by Gasteiger charge is -2.04. The van der Waals surface area contributed by atoms with Crippen molar-refractivity contribution in [2.75, 3.05) is 5.73 Å². The summed E-state index contributed by atoms with van der Waals surface area (Å²) in [5.74, 6) is 0. The second-order valence-corrected chi connectivity index (χ2v) is 3.71. The van der Waals surface area contributed by atoms with Crippen molar-refractivity contribution in [3.8, 4) is 0 Å². The molecule has 2 N–H and O–H groups in total. The van der Waals surface area contributed by atoms with Crippen LogP contribution in [0.1, 0.15) is 19.4 Å². The van der Waals surface area contributed by atoms with Crippen molar-refractivity contribution in [1.29, 1.82) is 0 Å². The molecular formula is C12H13N3. The maximum Gasteiger partial charge on any atom is 0.0979 e. The van der Waals surface area contributed by atoms with Crippen LogP contribution < -0.4 is 5.73 Å². The zero-order valence-electron chi connectivity index (χ0n) is 8.86. The van der Waals surface area contributed by atoms with Crippen LogP contribution in [-0.4, -0.2) is 9.97 Å². The molecule has 1 aromatic carbocycles. The van der Waals surface area contributed by atoms with Gasteiger partial charge in [-0.2, -0.15) is 0 Å². The third-order valence-corrected chi connectivity index (χ3v) is 2.15. The number of rotatable bonds is 1. The fraction of sp³-hybridized carbons (Fsp3) is 0.167. The Morgan fingerprint density at radius 3 is 2.67 bits per heavy atom. The van der Waals surface area contributed by atoms with Crippen LogP contribution in [0.3, 0.4) is 0 Å². The van der Waals surface area contributed by atoms with Gasteiger partial charge in [0.05, 0.1) is 11.0 Å². The first-order valence-electron chi connectivity index (χ1n) is 4.82. The number of fused-ring (bicyclic) bond motifs is 1. The van der Waals surface area contributed by atoms with Crippen molar-refractivity contribution in [3.63, 3.8) is 0 Å². The number of anilines is 1. The highest BCUT2D eigenvalue weighted by Crippen LogP contribution is 2.23. The van der Waals surface area contributed by atoms with Crippen LogP contribution in [0.25, 0.3) is 17.1 Å². The van der Waals surface area contributed by atoms with E-state index in [9.17, 15) is 0 Å². The van der Waals surface area contributed by atoms with Crippen LogP contribution in [0.15, 0.2) is 30.1 Å². The van der Waals surface area contributed by atoms with Gasteiger partial charge in [0, 0.05) is 23.6 Å². The van der Waals surface area contributed by atoms with Crippen molar-refractivity contribution in [1.82, 2.24) is 9.97 Å². The quantitative estimate of drug-likeness (QED) is 0.718. The number of benzene rings is 1. The van der Waals surface area contributed by atoms with Crippen molar-refractivity contribution in [2.24, 2.45) is 0 Å². The van der Waals surface area contributed by atoms with Gasteiger partial charge >= 0.3 is 0 Å². The van der Waals surface area contributed by atoms with Gasteiger partial charge in [-0.1, -0.05) is 11.6 Å². The Labute approximate surface area is 88.7 Å². The molecule has 0 spiro atoms. The zero-order valence-corrected chi connectivity index (χ0v) is 8.86. The van der Waals surface area contributed by atoms with Gasteiger partial charge in [0.25, 0.3) is 0 Å². The number of allylic oxidation sites excluding steroid dienone is 1. The topological polar surface area (TPSA) is 51.8 Å². The van der Waals surface area contributed by atoms with E-state index in [2.05, 4.69) is 9.97 Å². The summed E-state index contributed by atoms with van der Waals surface area (Å²) < 4.78 is 0. The minimum atomic E-state index is 0.740.